The van der Waals surface area contributed by atoms with Crippen molar-refractivity contribution in [3.8, 4) is 0 Å². The Bertz CT molecular complexity index is 668. The van der Waals surface area contributed by atoms with E-state index < -0.39 is 0 Å². The molecule has 122 valence electrons. The maximum atomic E-state index is 4.68. The molecule has 3 heteroatoms. The highest BCUT2D eigenvalue weighted by molar-refractivity contribution is 5.92. The summed E-state index contributed by atoms with van der Waals surface area (Å²) < 4.78 is 0. The summed E-state index contributed by atoms with van der Waals surface area (Å²) in [5.41, 5.74) is 3.63. The summed E-state index contributed by atoms with van der Waals surface area (Å²) in [6.07, 6.45) is 5.46. The van der Waals surface area contributed by atoms with Crippen LogP contribution < -0.4 is 4.90 Å². The number of nitrogens with zero attached hydrogens (tertiary/aromatic N) is 3. The van der Waals surface area contributed by atoms with Gasteiger partial charge in [-0.05, 0) is 63.7 Å². The summed E-state index contributed by atoms with van der Waals surface area (Å²) in [6, 6.07) is 10.8. The summed E-state index contributed by atoms with van der Waals surface area (Å²) in [5.74, 6) is 0.888. The molecule has 0 radical (unpaired) electrons. The molecule has 4 rings (SSSR count). The molecular weight excluding hydrogens is 282 g/mol. The van der Waals surface area contributed by atoms with Gasteiger partial charge in [0.15, 0.2) is 0 Å². The number of rotatable bonds is 3. The highest BCUT2D eigenvalue weighted by Crippen LogP contribution is 2.30. The van der Waals surface area contributed by atoms with Gasteiger partial charge in [0.2, 0.25) is 0 Å². The van der Waals surface area contributed by atoms with E-state index in [4.69, 9.17) is 0 Å². The van der Waals surface area contributed by atoms with Crippen molar-refractivity contribution in [2.45, 2.75) is 32.6 Å². The van der Waals surface area contributed by atoms with Crippen LogP contribution in [-0.2, 0) is 0 Å². The van der Waals surface area contributed by atoms with Gasteiger partial charge in [0.1, 0.15) is 0 Å². The molecule has 2 aromatic rings. The lowest BCUT2D eigenvalue weighted by Crippen LogP contribution is -2.38. The zero-order valence-corrected chi connectivity index (χ0v) is 14.2. The zero-order valence-electron chi connectivity index (χ0n) is 14.2. The van der Waals surface area contributed by atoms with Gasteiger partial charge in [0, 0.05) is 36.4 Å². The molecule has 0 unspecified atom stereocenters. The Morgan fingerprint density at radius 2 is 1.78 bits per heavy atom. The summed E-state index contributed by atoms with van der Waals surface area (Å²) >= 11 is 0. The smallest absolute Gasteiger partial charge is 0.0726 e. The second kappa shape index (κ2) is 6.48. The lowest BCUT2D eigenvalue weighted by Gasteiger charge is -2.35. The number of hydrogen-bond acceptors (Lipinski definition) is 3. The molecular formula is C20H27N3. The fourth-order valence-corrected chi connectivity index (χ4v) is 4.23. The Morgan fingerprint density at radius 3 is 2.57 bits per heavy atom. The van der Waals surface area contributed by atoms with E-state index in [9.17, 15) is 0 Å². The van der Waals surface area contributed by atoms with Crippen molar-refractivity contribution in [1.29, 1.82) is 0 Å². The fraction of sp³-hybridized carbons (Fsp3) is 0.550. The molecule has 0 bridgehead atoms. The van der Waals surface area contributed by atoms with E-state index in [0.717, 1.165) is 17.1 Å². The van der Waals surface area contributed by atoms with Crippen LogP contribution in [0.2, 0.25) is 0 Å². The predicted octanol–water partition coefficient (Wildman–Crippen LogP) is 3.86. The van der Waals surface area contributed by atoms with Crippen LogP contribution in [0.4, 0.5) is 5.69 Å². The quantitative estimate of drug-likeness (QED) is 0.858. The van der Waals surface area contributed by atoms with E-state index in [0.29, 0.717) is 0 Å². The van der Waals surface area contributed by atoms with Crippen LogP contribution >= 0.6 is 0 Å². The van der Waals surface area contributed by atoms with Crippen molar-refractivity contribution in [2.24, 2.45) is 5.92 Å². The second-order valence-corrected chi connectivity index (χ2v) is 7.24. The molecule has 2 fully saturated rings. The third kappa shape index (κ3) is 3.20. The zero-order chi connectivity index (χ0) is 15.6. The molecule has 23 heavy (non-hydrogen) atoms. The summed E-state index contributed by atoms with van der Waals surface area (Å²) in [4.78, 5) is 9.94. The van der Waals surface area contributed by atoms with Crippen molar-refractivity contribution in [2.75, 3.05) is 37.6 Å². The van der Waals surface area contributed by atoms with Gasteiger partial charge >= 0.3 is 0 Å². The molecule has 2 saturated heterocycles. The molecule has 0 atom stereocenters. The molecule has 1 aromatic carbocycles. The van der Waals surface area contributed by atoms with Crippen molar-refractivity contribution < 1.29 is 0 Å². The van der Waals surface area contributed by atoms with Crippen LogP contribution in [0.5, 0.6) is 0 Å². The molecule has 1 aromatic heterocycles. The summed E-state index contributed by atoms with van der Waals surface area (Å²) in [5, 5.41) is 1.30. The highest BCUT2D eigenvalue weighted by Gasteiger charge is 2.23. The van der Waals surface area contributed by atoms with Crippen LogP contribution in [0.3, 0.4) is 0 Å². The average Bonchev–Trinajstić information content (AvgIpc) is 3.08. The number of para-hydroxylation sites is 1. The minimum atomic E-state index is 0.888. The highest BCUT2D eigenvalue weighted by atomic mass is 15.2. The van der Waals surface area contributed by atoms with Gasteiger partial charge in [-0.3, -0.25) is 4.98 Å². The second-order valence-electron chi connectivity index (χ2n) is 7.24. The molecule has 0 N–H and O–H groups in total. The fourth-order valence-electron chi connectivity index (χ4n) is 4.23. The number of fused-ring (bicyclic) bond motifs is 1. The lowest BCUT2D eigenvalue weighted by molar-refractivity contribution is 0.249. The van der Waals surface area contributed by atoms with Crippen LogP contribution in [0.1, 0.15) is 31.4 Å². The molecule has 3 nitrogen and oxygen atoms in total. The monoisotopic (exact) mass is 309 g/mol. The molecule has 0 aliphatic carbocycles. The molecule has 2 aliphatic heterocycles. The number of hydrogen-bond donors (Lipinski definition) is 0. The van der Waals surface area contributed by atoms with E-state index in [1.165, 1.54) is 69.5 Å². The van der Waals surface area contributed by atoms with Crippen LogP contribution in [0.25, 0.3) is 10.9 Å². The van der Waals surface area contributed by atoms with Gasteiger partial charge in [-0.25, -0.2) is 0 Å². The van der Waals surface area contributed by atoms with Gasteiger partial charge in [0.25, 0.3) is 0 Å². The van der Waals surface area contributed by atoms with Gasteiger partial charge in [-0.15, -0.1) is 0 Å². The number of pyridine rings is 1. The standard InChI is InChI=1S/C20H27N3/c1-16-14-20(18-6-2-3-7-19(18)21-16)23-12-8-17(9-13-23)15-22-10-4-5-11-22/h2-3,6-7,14,17H,4-5,8-13,15H2,1H3. The molecule has 0 amide bonds. The van der Waals surface area contributed by atoms with Crippen molar-refractivity contribution in [3.63, 3.8) is 0 Å². The van der Waals surface area contributed by atoms with Gasteiger partial charge in [0.05, 0.1) is 5.52 Å². The van der Waals surface area contributed by atoms with Crippen molar-refractivity contribution >= 4 is 16.6 Å². The van der Waals surface area contributed by atoms with E-state index in [-0.39, 0.29) is 0 Å². The number of aryl methyl sites for hydroxylation is 1. The first kappa shape index (κ1) is 14.9. The number of likely N-dealkylation sites (tertiary alicyclic amines) is 1. The molecule has 0 saturated carbocycles. The molecule has 3 heterocycles. The van der Waals surface area contributed by atoms with Crippen molar-refractivity contribution in [1.82, 2.24) is 9.88 Å². The Hall–Kier alpha value is -1.61. The summed E-state index contributed by atoms with van der Waals surface area (Å²) in [7, 11) is 0. The van der Waals surface area contributed by atoms with Crippen molar-refractivity contribution in [3.05, 3.63) is 36.0 Å². The Balaban J connectivity index is 1.48. The topological polar surface area (TPSA) is 19.4 Å². The Morgan fingerprint density at radius 1 is 1.04 bits per heavy atom. The van der Waals surface area contributed by atoms with E-state index in [1.807, 2.05) is 0 Å². The number of piperidine rings is 1. The van der Waals surface area contributed by atoms with Gasteiger partial charge in [-0.1, -0.05) is 18.2 Å². The average molecular weight is 309 g/mol. The first-order chi connectivity index (χ1) is 11.3. The van der Waals surface area contributed by atoms with E-state index in [1.54, 1.807) is 0 Å². The molecule has 2 aliphatic rings. The number of aromatic nitrogens is 1. The lowest BCUT2D eigenvalue weighted by atomic mass is 9.95. The first-order valence-electron chi connectivity index (χ1n) is 9.13. The maximum Gasteiger partial charge on any atom is 0.0726 e. The SMILES string of the molecule is Cc1cc(N2CCC(CN3CCCC3)CC2)c2ccccc2n1. The van der Waals surface area contributed by atoms with Crippen LogP contribution in [0, 0.1) is 12.8 Å². The van der Waals surface area contributed by atoms with Crippen LogP contribution in [0.15, 0.2) is 30.3 Å². The third-order valence-corrected chi connectivity index (χ3v) is 5.49. The predicted molar refractivity (Wildman–Crippen MR) is 97.1 cm³/mol. The van der Waals surface area contributed by atoms with Gasteiger partial charge < -0.3 is 9.80 Å². The maximum absolute atomic E-state index is 4.68. The van der Waals surface area contributed by atoms with E-state index in [2.05, 4.69) is 52.0 Å². The normalized spacial score (nSPS) is 20.5. The Kier molecular flexibility index (Phi) is 4.21. The number of anilines is 1. The van der Waals surface area contributed by atoms with Gasteiger partial charge in [-0.2, -0.15) is 0 Å². The van der Waals surface area contributed by atoms with E-state index >= 15 is 0 Å². The first-order valence-corrected chi connectivity index (χ1v) is 9.13. The minimum absolute atomic E-state index is 0.888. The summed E-state index contributed by atoms with van der Waals surface area (Å²) in [6.45, 7) is 8.46. The number of benzene rings is 1. The molecule has 0 spiro atoms. The third-order valence-electron chi connectivity index (χ3n) is 5.49. The Labute approximate surface area is 139 Å². The van der Waals surface area contributed by atoms with Crippen LogP contribution in [-0.4, -0.2) is 42.6 Å². The largest absolute Gasteiger partial charge is 0.371 e. The minimum Gasteiger partial charge on any atom is -0.371 e.